The summed E-state index contributed by atoms with van der Waals surface area (Å²) >= 11 is 0. The van der Waals surface area contributed by atoms with Gasteiger partial charge in [0.25, 0.3) is 0 Å². The maximum atomic E-state index is 6.64. The van der Waals surface area contributed by atoms with Crippen molar-refractivity contribution in [3.05, 3.63) is 0 Å². The zero-order valence-corrected chi connectivity index (χ0v) is 4.77. The molecule has 0 radical (unpaired) electrons. The van der Waals surface area contributed by atoms with Crippen molar-refractivity contribution in [1.29, 1.82) is 0 Å². The van der Waals surface area contributed by atoms with E-state index < -0.39 is 0 Å². The predicted octanol–water partition coefficient (Wildman–Crippen LogP) is -0.796. The van der Waals surface area contributed by atoms with Gasteiger partial charge in [0.2, 0.25) is 0 Å². The number of hydroxylamine groups is 2. The lowest BCUT2D eigenvalue weighted by molar-refractivity contribution is -0.128. The molecule has 3 heteroatoms. The molecule has 3 nitrogen and oxygen atoms in total. The second kappa shape index (κ2) is 4.05. The first-order chi connectivity index (χ1) is 3.27. The molecular weight excluding hydrogens is 94.0 g/mol. The van der Waals surface area contributed by atoms with Gasteiger partial charge in [-0.1, -0.05) is 0 Å². The molecule has 0 aromatic heterocycles. The van der Waals surface area contributed by atoms with E-state index in [-0.39, 0.29) is 0 Å². The number of hydrogen-bond acceptors (Lipinski definition) is 2. The van der Waals surface area contributed by atoms with Crippen LogP contribution in [-0.2, 0) is 4.84 Å². The van der Waals surface area contributed by atoms with Crippen LogP contribution in [-0.4, -0.2) is 37.5 Å². The average Bonchev–Trinajstić information content (AvgIpc) is 1.61. The smallest absolute Gasteiger partial charge is 0.169 e. The molecule has 0 aromatic rings. The first kappa shape index (κ1) is 6.88. The zero-order valence-electron chi connectivity index (χ0n) is 4.77. The van der Waals surface area contributed by atoms with Gasteiger partial charge in [0, 0.05) is 14.1 Å². The van der Waals surface area contributed by atoms with Crippen LogP contribution in [0, 0.1) is 0 Å². The Morgan fingerprint density at radius 3 is 2.29 bits per heavy atom. The highest BCUT2D eigenvalue weighted by Crippen LogP contribution is 1.73. The zero-order chi connectivity index (χ0) is 5.70. The monoisotopic (exact) mass is 106 g/mol. The highest BCUT2D eigenvalue weighted by molar-refractivity contribution is 4.17. The molecule has 2 N–H and O–H groups in total. The van der Waals surface area contributed by atoms with Crippen LogP contribution in [0.1, 0.15) is 0 Å². The molecule has 0 unspecified atom stereocenters. The minimum Gasteiger partial charge on any atom is -0.444 e. The van der Waals surface area contributed by atoms with Crippen molar-refractivity contribution < 1.29 is 9.94 Å². The van der Waals surface area contributed by atoms with Gasteiger partial charge in [-0.3, -0.25) is 4.84 Å². The molecule has 0 saturated heterocycles. The first-order valence-electron chi connectivity index (χ1n) is 2.22. The Labute approximate surface area is 43.5 Å². The molecule has 0 fully saturated rings. The van der Waals surface area contributed by atoms with Crippen molar-refractivity contribution in [1.82, 2.24) is 5.06 Å². The molecule has 7 heavy (non-hydrogen) atoms. The molecule has 0 rings (SSSR count). The molecule has 0 aromatic carbocycles. The summed E-state index contributed by atoms with van der Waals surface area (Å²) in [4.78, 5) is 4.84. The van der Waals surface area contributed by atoms with Crippen LogP contribution in [0.15, 0.2) is 0 Å². The van der Waals surface area contributed by atoms with E-state index in [0.717, 1.165) is 0 Å². The van der Waals surface area contributed by atoms with Gasteiger partial charge in [-0.25, -0.2) is 0 Å². The van der Waals surface area contributed by atoms with Crippen LogP contribution in [0.3, 0.4) is 0 Å². The van der Waals surface area contributed by atoms with Crippen molar-refractivity contribution in [2.24, 2.45) is 0 Å². The molecule has 0 heterocycles. The Morgan fingerprint density at radius 2 is 2.14 bits per heavy atom. The largest absolute Gasteiger partial charge is 0.444 e. The van der Waals surface area contributed by atoms with E-state index in [4.69, 9.17) is 9.94 Å². The third-order valence-corrected chi connectivity index (χ3v) is 0.452. The van der Waals surface area contributed by atoms with Crippen molar-refractivity contribution in [3.8, 4) is 0 Å². The van der Waals surface area contributed by atoms with Crippen molar-refractivity contribution in [3.63, 3.8) is 0 Å². The minimum absolute atomic E-state index is 0.332. The van der Waals surface area contributed by atoms with Crippen LogP contribution in [0.5, 0.6) is 0 Å². The Balaban J connectivity index is 2.68. The lowest BCUT2D eigenvalue weighted by Gasteiger charge is -2.05. The maximum absolute atomic E-state index is 6.64. The van der Waals surface area contributed by atoms with Gasteiger partial charge in [0.05, 0.1) is 0 Å². The van der Waals surface area contributed by atoms with Crippen LogP contribution < -0.4 is 0 Å². The van der Waals surface area contributed by atoms with E-state index in [0.29, 0.717) is 13.2 Å². The second-order valence-corrected chi connectivity index (χ2v) is 1.40. The predicted molar refractivity (Wildman–Crippen MR) is 28.1 cm³/mol. The van der Waals surface area contributed by atoms with E-state index in [1.807, 2.05) is 0 Å². The summed E-state index contributed by atoms with van der Waals surface area (Å²) < 4.78 is 0. The van der Waals surface area contributed by atoms with E-state index in [1.165, 1.54) is 0 Å². The standard InChI is InChI=1S/C4H11NO2/c1-5(2)7-4-3-6/h6H,3-4H2,1-2H3/p+1. The Morgan fingerprint density at radius 1 is 1.57 bits per heavy atom. The molecule has 0 aliphatic rings. The fraction of sp³-hybridized carbons (Fsp3) is 1.00. The van der Waals surface area contributed by atoms with Crippen LogP contribution in [0.4, 0.5) is 0 Å². The van der Waals surface area contributed by atoms with Crippen LogP contribution in [0.2, 0.25) is 0 Å². The molecule has 0 spiro atoms. The van der Waals surface area contributed by atoms with E-state index in [9.17, 15) is 0 Å². The summed E-state index contributed by atoms with van der Waals surface area (Å²) in [6, 6.07) is 0. The van der Waals surface area contributed by atoms with Crippen molar-refractivity contribution >= 4 is 0 Å². The molecule has 0 atom stereocenters. The van der Waals surface area contributed by atoms with Gasteiger partial charge in [-0.05, 0) is 0 Å². The highest BCUT2D eigenvalue weighted by Gasteiger charge is 1.85. The molecule has 0 saturated carbocycles. The highest BCUT2D eigenvalue weighted by atomic mass is 16.7. The Bertz CT molecular complexity index is 38.7. The summed E-state index contributed by atoms with van der Waals surface area (Å²) in [6.45, 7) is 0.825. The van der Waals surface area contributed by atoms with E-state index in [2.05, 4.69) is 0 Å². The first-order valence-corrected chi connectivity index (χ1v) is 2.22. The van der Waals surface area contributed by atoms with Crippen molar-refractivity contribution in [2.45, 2.75) is 0 Å². The molecule has 0 aliphatic carbocycles. The summed E-state index contributed by atoms with van der Waals surface area (Å²) in [5, 5.41) is 8.24. The summed E-state index contributed by atoms with van der Waals surface area (Å²) in [5.41, 5.74) is 0. The number of rotatable bonds is 3. The normalized spacial score (nSPS) is 10.3. The summed E-state index contributed by atoms with van der Waals surface area (Å²) in [5.74, 6) is 0. The topological polar surface area (TPSA) is 35.4 Å². The maximum Gasteiger partial charge on any atom is 0.169 e. The third kappa shape index (κ3) is 5.88. The fourth-order valence-corrected chi connectivity index (χ4v) is 0.228. The van der Waals surface area contributed by atoms with Gasteiger partial charge in [0.15, 0.2) is 6.61 Å². The van der Waals surface area contributed by atoms with Gasteiger partial charge < -0.3 is 5.11 Å². The second-order valence-electron chi connectivity index (χ2n) is 1.40. The van der Waals surface area contributed by atoms with E-state index >= 15 is 0 Å². The molecule has 44 valence electrons. The number of nitrogens with zero attached hydrogens (tertiary/aromatic N) is 1. The summed E-state index contributed by atoms with van der Waals surface area (Å²) in [6.07, 6.45) is 0. The number of hydrogen-bond donors (Lipinski definition) is 0. The van der Waals surface area contributed by atoms with Gasteiger partial charge in [0.1, 0.15) is 6.61 Å². The van der Waals surface area contributed by atoms with Gasteiger partial charge >= 0.3 is 0 Å². The average molecular weight is 106 g/mol. The molecule has 0 amide bonds. The molecule has 0 aliphatic heterocycles. The summed E-state index contributed by atoms with van der Waals surface area (Å²) in [7, 11) is 3.60. The van der Waals surface area contributed by atoms with E-state index in [1.54, 1.807) is 19.2 Å². The minimum atomic E-state index is 0.332. The van der Waals surface area contributed by atoms with Crippen LogP contribution in [0.25, 0.3) is 0 Å². The Kier molecular flexibility index (Phi) is 3.98. The molecule has 0 bridgehead atoms. The van der Waals surface area contributed by atoms with Crippen LogP contribution >= 0.6 is 0 Å². The Hall–Kier alpha value is -0.120. The lowest BCUT2D eigenvalue weighted by Crippen LogP contribution is -2.14. The van der Waals surface area contributed by atoms with Crippen molar-refractivity contribution in [2.75, 3.05) is 27.3 Å². The van der Waals surface area contributed by atoms with Gasteiger partial charge in [-0.2, -0.15) is 5.06 Å². The van der Waals surface area contributed by atoms with Gasteiger partial charge in [-0.15, -0.1) is 0 Å². The SMILES string of the molecule is CN(C)OCC[OH2+]. The molecular formula is C4H12NO2+. The fourth-order valence-electron chi connectivity index (χ4n) is 0.228. The lowest BCUT2D eigenvalue weighted by atomic mass is 10.8. The quantitative estimate of drug-likeness (QED) is 0.349. The third-order valence-electron chi connectivity index (χ3n) is 0.452.